The van der Waals surface area contributed by atoms with Gasteiger partial charge >= 0.3 is 0 Å². The molecule has 0 aliphatic carbocycles. The smallest absolute Gasteiger partial charge is 0.276 e. The number of hydrogen-bond donors (Lipinski definition) is 2. The lowest BCUT2D eigenvalue weighted by Crippen LogP contribution is -2.29. The number of nitrogens with zero attached hydrogens (tertiary/aromatic N) is 3. The summed E-state index contributed by atoms with van der Waals surface area (Å²) in [7, 11) is 0. The van der Waals surface area contributed by atoms with Crippen molar-refractivity contribution < 1.29 is 4.79 Å². The molecule has 1 aliphatic heterocycles. The second-order valence-corrected chi connectivity index (χ2v) is 5.94. The Balaban J connectivity index is 1.81. The zero-order valence-corrected chi connectivity index (χ0v) is 12.6. The molecule has 1 saturated heterocycles. The summed E-state index contributed by atoms with van der Waals surface area (Å²) >= 11 is 1.38. The minimum absolute atomic E-state index is 0.144. The van der Waals surface area contributed by atoms with Gasteiger partial charge in [0.25, 0.3) is 5.91 Å². The van der Waals surface area contributed by atoms with E-state index < -0.39 is 0 Å². The molecule has 0 radical (unpaired) electrons. The van der Waals surface area contributed by atoms with Crippen LogP contribution in [-0.4, -0.2) is 27.4 Å². The Bertz CT molecular complexity index is 622. The standard InChI is InChI=1S/C14H17N5OS/c1-9-8-11(13(20)19-14-16-6-7-21-14)18-12(17-9)10-4-2-3-5-15-10/h6-8,10,15H,2-5H2,1H3,(H,16,19,20). The van der Waals surface area contributed by atoms with Crippen molar-refractivity contribution in [2.24, 2.45) is 0 Å². The molecule has 0 bridgehead atoms. The lowest BCUT2D eigenvalue weighted by atomic mass is 10.0. The quantitative estimate of drug-likeness (QED) is 0.909. The van der Waals surface area contributed by atoms with Crippen molar-refractivity contribution in [3.8, 4) is 0 Å². The summed E-state index contributed by atoms with van der Waals surface area (Å²) in [5, 5.41) is 8.56. The Kier molecular flexibility index (Phi) is 4.21. The summed E-state index contributed by atoms with van der Waals surface area (Å²) in [6, 6.07) is 1.85. The molecular formula is C14H17N5OS. The summed E-state index contributed by atoms with van der Waals surface area (Å²) in [6.45, 7) is 2.86. The number of aryl methyl sites for hydroxylation is 1. The molecule has 2 aromatic heterocycles. The van der Waals surface area contributed by atoms with Crippen molar-refractivity contribution in [1.82, 2.24) is 20.3 Å². The molecule has 3 heterocycles. The number of aromatic nitrogens is 3. The molecule has 1 amide bonds. The fourth-order valence-corrected chi connectivity index (χ4v) is 2.91. The molecule has 2 N–H and O–H groups in total. The van der Waals surface area contributed by atoms with Crippen molar-refractivity contribution in [3.05, 3.63) is 34.9 Å². The zero-order chi connectivity index (χ0) is 14.7. The highest BCUT2D eigenvalue weighted by molar-refractivity contribution is 7.13. The van der Waals surface area contributed by atoms with Crippen LogP contribution in [0.5, 0.6) is 0 Å². The Morgan fingerprint density at radius 2 is 2.33 bits per heavy atom. The maximum Gasteiger partial charge on any atom is 0.276 e. The number of piperidine rings is 1. The van der Waals surface area contributed by atoms with Gasteiger partial charge in [0.1, 0.15) is 11.5 Å². The predicted molar refractivity (Wildman–Crippen MR) is 81.4 cm³/mol. The van der Waals surface area contributed by atoms with Crippen LogP contribution in [0, 0.1) is 6.92 Å². The van der Waals surface area contributed by atoms with Crippen LogP contribution < -0.4 is 10.6 Å². The van der Waals surface area contributed by atoms with Gasteiger partial charge in [-0.1, -0.05) is 6.42 Å². The van der Waals surface area contributed by atoms with Crippen molar-refractivity contribution in [3.63, 3.8) is 0 Å². The maximum absolute atomic E-state index is 12.2. The van der Waals surface area contributed by atoms with Crippen LogP contribution in [0.15, 0.2) is 17.6 Å². The lowest BCUT2D eigenvalue weighted by Gasteiger charge is -2.22. The second kappa shape index (κ2) is 6.28. The highest BCUT2D eigenvalue weighted by atomic mass is 32.1. The Morgan fingerprint density at radius 3 is 3.05 bits per heavy atom. The largest absolute Gasteiger partial charge is 0.307 e. The van der Waals surface area contributed by atoms with Crippen LogP contribution in [0.3, 0.4) is 0 Å². The van der Waals surface area contributed by atoms with Crippen molar-refractivity contribution in [2.75, 3.05) is 11.9 Å². The number of hydrogen-bond acceptors (Lipinski definition) is 6. The number of carbonyl (C=O) groups is 1. The van der Waals surface area contributed by atoms with E-state index in [0.717, 1.165) is 25.1 Å². The Labute approximate surface area is 127 Å². The molecule has 21 heavy (non-hydrogen) atoms. The first-order valence-corrected chi connectivity index (χ1v) is 7.90. The van der Waals surface area contributed by atoms with Crippen LogP contribution in [0.2, 0.25) is 0 Å². The third-order valence-corrected chi connectivity index (χ3v) is 4.07. The number of nitrogens with one attached hydrogen (secondary N) is 2. The minimum atomic E-state index is -0.243. The Hall–Kier alpha value is -1.86. The van der Waals surface area contributed by atoms with Gasteiger partial charge in [0.15, 0.2) is 5.13 Å². The minimum Gasteiger partial charge on any atom is -0.307 e. The monoisotopic (exact) mass is 303 g/mol. The van der Waals surface area contributed by atoms with Crippen molar-refractivity contribution in [1.29, 1.82) is 0 Å². The normalized spacial score (nSPS) is 18.4. The molecule has 0 saturated carbocycles. The highest BCUT2D eigenvalue weighted by Gasteiger charge is 2.20. The molecule has 110 valence electrons. The summed E-state index contributed by atoms with van der Waals surface area (Å²) in [5.74, 6) is 0.464. The third kappa shape index (κ3) is 3.43. The van der Waals surface area contributed by atoms with Gasteiger partial charge in [-0.15, -0.1) is 11.3 Å². The molecule has 6 nitrogen and oxygen atoms in total. The van der Waals surface area contributed by atoms with E-state index in [4.69, 9.17) is 0 Å². The lowest BCUT2D eigenvalue weighted by molar-refractivity contribution is 0.102. The Morgan fingerprint density at radius 1 is 1.43 bits per heavy atom. The van der Waals surface area contributed by atoms with E-state index in [0.29, 0.717) is 16.6 Å². The molecular weight excluding hydrogens is 286 g/mol. The van der Waals surface area contributed by atoms with Crippen molar-refractivity contribution >= 4 is 22.4 Å². The van der Waals surface area contributed by atoms with E-state index in [9.17, 15) is 4.79 Å². The number of anilines is 1. The first-order valence-electron chi connectivity index (χ1n) is 7.02. The number of amides is 1. The predicted octanol–water partition coefficient (Wildman–Crippen LogP) is 2.31. The van der Waals surface area contributed by atoms with Crippen LogP contribution in [0.1, 0.15) is 47.3 Å². The fraction of sp³-hybridized carbons (Fsp3) is 0.429. The number of thiazole rings is 1. The zero-order valence-electron chi connectivity index (χ0n) is 11.8. The van der Waals surface area contributed by atoms with Gasteiger partial charge in [-0.3, -0.25) is 10.1 Å². The van der Waals surface area contributed by atoms with E-state index in [1.54, 1.807) is 12.3 Å². The summed E-state index contributed by atoms with van der Waals surface area (Å²) in [6.07, 6.45) is 5.01. The van der Waals surface area contributed by atoms with Gasteiger partial charge in [-0.2, -0.15) is 0 Å². The summed E-state index contributed by atoms with van der Waals surface area (Å²) in [5.41, 5.74) is 1.19. The first-order chi connectivity index (χ1) is 10.2. The fourth-order valence-electron chi connectivity index (χ4n) is 2.38. The van der Waals surface area contributed by atoms with E-state index in [-0.39, 0.29) is 11.9 Å². The molecule has 3 rings (SSSR count). The van der Waals surface area contributed by atoms with Crippen LogP contribution in [0.4, 0.5) is 5.13 Å². The van der Waals surface area contributed by atoms with Gasteiger partial charge in [0, 0.05) is 17.3 Å². The maximum atomic E-state index is 12.2. The van der Waals surface area contributed by atoms with Gasteiger partial charge < -0.3 is 5.32 Å². The van der Waals surface area contributed by atoms with E-state index in [1.165, 1.54) is 17.8 Å². The number of carbonyl (C=O) groups excluding carboxylic acids is 1. The molecule has 1 fully saturated rings. The van der Waals surface area contributed by atoms with Gasteiger partial charge in [0.05, 0.1) is 6.04 Å². The van der Waals surface area contributed by atoms with Crippen LogP contribution in [0.25, 0.3) is 0 Å². The van der Waals surface area contributed by atoms with E-state index in [1.807, 2.05) is 12.3 Å². The van der Waals surface area contributed by atoms with Gasteiger partial charge in [-0.25, -0.2) is 15.0 Å². The second-order valence-electron chi connectivity index (χ2n) is 5.05. The van der Waals surface area contributed by atoms with Crippen LogP contribution in [-0.2, 0) is 0 Å². The molecule has 1 unspecified atom stereocenters. The van der Waals surface area contributed by atoms with Gasteiger partial charge in [-0.05, 0) is 32.4 Å². The SMILES string of the molecule is Cc1cc(C(=O)Nc2nccs2)nc(C2CCCCN2)n1. The van der Waals surface area contributed by atoms with Crippen LogP contribution >= 0.6 is 11.3 Å². The first kappa shape index (κ1) is 14.1. The molecule has 2 aromatic rings. The van der Waals surface area contributed by atoms with E-state index in [2.05, 4.69) is 25.6 Å². The van der Waals surface area contributed by atoms with E-state index >= 15 is 0 Å². The molecule has 7 heteroatoms. The molecule has 0 aromatic carbocycles. The average Bonchev–Trinajstić information content (AvgIpc) is 3.00. The third-order valence-electron chi connectivity index (χ3n) is 3.38. The highest BCUT2D eigenvalue weighted by Crippen LogP contribution is 2.21. The molecule has 0 spiro atoms. The van der Waals surface area contributed by atoms with Crippen molar-refractivity contribution in [2.45, 2.75) is 32.2 Å². The topological polar surface area (TPSA) is 79.8 Å². The molecule has 1 atom stereocenters. The summed E-state index contributed by atoms with van der Waals surface area (Å²) in [4.78, 5) is 25.2. The number of rotatable bonds is 3. The average molecular weight is 303 g/mol. The molecule has 1 aliphatic rings. The van der Waals surface area contributed by atoms with Gasteiger partial charge in [0.2, 0.25) is 0 Å². The summed E-state index contributed by atoms with van der Waals surface area (Å²) < 4.78 is 0.